The smallest absolute Gasteiger partial charge is 0.192 e. The number of thioether (sulfide) groups is 1. The van der Waals surface area contributed by atoms with Crippen LogP contribution in [0.3, 0.4) is 0 Å². The highest BCUT2D eigenvalue weighted by Crippen LogP contribution is 2.23. The standard InChI is InChI=1S/C14H14BrFN2OS/c1-2-7-18-14(12(15)8-17-18)13(19)9-20-11-5-3-10(16)4-6-11/h3-6,8H,2,7,9H2,1H3. The van der Waals surface area contributed by atoms with Crippen molar-refractivity contribution < 1.29 is 9.18 Å². The highest BCUT2D eigenvalue weighted by molar-refractivity contribution is 9.10. The normalized spacial score (nSPS) is 10.8. The Morgan fingerprint density at radius 1 is 1.40 bits per heavy atom. The van der Waals surface area contributed by atoms with Crippen molar-refractivity contribution in [3.8, 4) is 0 Å². The van der Waals surface area contributed by atoms with Gasteiger partial charge in [-0.2, -0.15) is 5.10 Å². The van der Waals surface area contributed by atoms with Crippen LogP contribution in [0.1, 0.15) is 23.8 Å². The number of hydrogen-bond acceptors (Lipinski definition) is 3. The van der Waals surface area contributed by atoms with Gasteiger partial charge in [-0.25, -0.2) is 4.39 Å². The molecule has 0 unspecified atom stereocenters. The molecule has 2 rings (SSSR count). The van der Waals surface area contributed by atoms with E-state index in [2.05, 4.69) is 21.0 Å². The SMILES string of the molecule is CCCn1ncc(Br)c1C(=O)CSc1ccc(F)cc1. The molecular weight excluding hydrogens is 343 g/mol. The van der Waals surface area contributed by atoms with Crippen LogP contribution in [-0.2, 0) is 6.54 Å². The highest BCUT2D eigenvalue weighted by Gasteiger charge is 2.16. The molecule has 0 saturated heterocycles. The Morgan fingerprint density at radius 2 is 2.10 bits per heavy atom. The number of benzene rings is 1. The topological polar surface area (TPSA) is 34.9 Å². The lowest BCUT2D eigenvalue weighted by atomic mass is 10.3. The van der Waals surface area contributed by atoms with E-state index < -0.39 is 0 Å². The maximum atomic E-state index is 12.8. The number of aromatic nitrogens is 2. The summed E-state index contributed by atoms with van der Waals surface area (Å²) < 4.78 is 15.2. The Bertz CT molecular complexity index is 598. The van der Waals surface area contributed by atoms with Gasteiger partial charge in [0.05, 0.1) is 16.4 Å². The first-order valence-corrected chi connectivity index (χ1v) is 8.02. The molecule has 6 heteroatoms. The number of carbonyl (C=O) groups is 1. The third kappa shape index (κ3) is 3.70. The summed E-state index contributed by atoms with van der Waals surface area (Å²) in [4.78, 5) is 13.1. The van der Waals surface area contributed by atoms with Crippen LogP contribution >= 0.6 is 27.7 Å². The van der Waals surface area contributed by atoms with E-state index in [-0.39, 0.29) is 11.6 Å². The lowest BCUT2D eigenvalue weighted by Crippen LogP contribution is -2.12. The summed E-state index contributed by atoms with van der Waals surface area (Å²) in [5.41, 5.74) is 0.599. The van der Waals surface area contributed by atoms with Gasteiger partial charge in [-0.05, 0) is 46.6 Å². The lowest BCUT2D eigenvalue weighted by molar-refractivity contribution is 0.101. The van der Waals surface area contributed by atoms with Crippen molar-refractivity contribution in [2.24, 2.45) is 0 Å². The average molecular weight is 357 g/mol. The first kappa shape index (κ1) is 15.3. The maximum absolute atomic E-state index is 12.8. The summed E-state index contributed by atoms with van der Waals surface area (Å²) in [6.07, 6.45) is 2.56. The molecule has 0 radical (unpaired) electrons. The molecule has 0 amide bonds. The van der Waals surface area contributed by atoms with E-state index in [1.807, 2.05) is 6.92 Å². The van der Waals surface area contributed by atoms with Gasteiger partial charge < -0.3 is 0 Å². The predicted molar refractivity (Wildman–Crippen MR) is 81.7 cm³/mol. The fraction of sp³-hybridized carbons (Fsp3) is 0.286. The molecule has 0 saturated carbocycles. The molecule has 0 fully saturated rings. The second-order valence-electron chi connectivity index (χ2n) is 4.23. The number of ketones is 1. The minimum atomic E-state index is -0.274. The molecule has 1 heterocycles. The third-order valence-electron chi connectivity index (χ3n) is 2.68. The molecule has 0 aliphatic rings. The van der Waals surface area contributed by atoms with E-state index in [1.165, 1.54) is 23.9 Å². The number of carbonyl (C=O) groups excluding carboxylic acids is 1. The lowest BCUT2D eigenvalue weighted by Gasteiger charge is -2.06. The van der Waals surface area contributed by atoms with Crippen molar-refractivity contribution in [3.63, 3.8) is 0 Å². The first-order valence-electron chi connectivity index (χ1n) is 6.24. The van der Waals surface area contributed by atoms with Crippen LogP contribution in [-0.4, -0.2) is 21.3 Å². The number of rotatable bonds is 6. The quantitative estimate of drug-likeness (QED) is 0.575. The Kier molecular flexibility index (Phi) is 5.37. The fourth-order valence-electron chi connectivity index (χ4n) is 1.77. The number of hydrogen-bond donors (Lipinski definition) is 0. The van der Waals surface area contributed by atoms with E-state index in [9.17, 15) is 9.18 Å². The summed E-state index contributed by atoms with van der Waals surface area (Å²) in [5, 5.41) is 4.18. The zero-order valence-corrected chi connectivity index (χ0v) is 13.4. The Balaban J connectivity index is 2.05. The molecule has 20 heavy (non-hydrogen) atoms. The average Bonchev–Trinajstić information content (AvgIpc) is 2.79. The van der Waals surface area contributed by atoms with Crippen LogP contribution in [0.5, 0.6) is 0 Å². The van der Waals surface area contributed by atoms with Crippen molar-refractivity contribution in [2.45, 2.75) is 24.8 Å². The Labute approximate surface area is 129 Å². The zero-order valence-electron chi connectivity index (χ0n) is 11.0. The van der Waals surface area contributed by atoms with Crippen molar-refractivity contribution in [3.05, 3.63) is 46.4 Å². The van der Waals surface area contributed by atoms with Gasteiger partial charge in [0.15, 0.2) is 5.78 Å². The van der Waals surface area contributed by atoms with Gasteiger partial charge >= 0.3 is 0 Å². The van der Waals surface area contributed by atoms with Crippen LogP contribution in [0.4, 0.5) is 4.39 Å². The van der Waals surface area contributed by atoms with Crippen LogP contribution in [0, 0.1) is 5.82 Å². The molecule has 0 aliphatic carbocycles. The minimum absolute atomic E-state index is 0.0112. The van der Waals surface area contributed by atoms with E-state index in [0.717, 1.165) is 15.8 Å². The van der Waals surface area contributed by atoms with E-state index in [4.69, 9.17) is 0 Å². The van der Waals surface area contributed by atoms with Gasteiger partial charge in [0.25, 0.3) is 0 Å². The summed E-state index contributed by atoms with van der Waals surface area (Å²) >= 11 is 4.75. The monoisotopic (exact) mass is 356 g/mol. The largest absolute Gasteiger partial charge is 0.291 e. The number of halogens is 2. The number of nitrogens with zero attached hydrogens (tertiary/aromatic N) is 2. The number of aryl methyl sites for hydroxylation is 1. The molecule has 0 bridgehead atoms. The van der Waals surface area contributed by atoms with Gasteiger partial charge in [-0.3, -0.25) is 9.48 Å². The predicted octanol–water partition coefficient (Wildman–Crippen LogP) is 4.17. The van der Waals surface area contributed by atoms with Crippen molar-refractivity contribution in [2.75, 3.05) is 5.75 Å². The Hall–Kier alpha value is -1.14. The Morgan fingerprint density at radius 3 is 2.75 bits per heavy atom. The second kappa shape index (κ2) is 7.04. The van der Waals surface area contributed by atoms with E-state index >= 15 is 0 Å². The third-order valence-corrected chi connectivity index (χ3v) is 4.27. The molecule has 0 atom stereocenters. The molecule has 106 valence electrons. The van der Waals surface area contributed by atoms with Crippen LogP contribution in [0.2, 0.25) is 0 Å². The van der Waals surface area contributed by atoms with Crippen LogP contribution in [0.25, 0.3) is 0 Å². The zero-order chi connectivity index (χ0) is 14.5. The van der Waals surface area contributed by atoms with Crippen molar-refractivity contribution >= 4 is 33.5 Å². The molecular formula is C14H14BrFN2OS. The summed E-state index contributed by atoms with van der Waals surface area (Å²) in [6, 6.07) is 6.13. The first-order chi connectivity index (χ1) is 9.61. The fourth-order valence-corrected chi connectivity index (χ4v) is 3.05. The second-order valence-corrected chi connectivity index (χ2v) is 6.13. The molecule has 3 nitrogen and oxygen atoms in total. The molecule has 1 aromatic heterocycles. The summed E-state index contributed by atoms with van der Waals surface area (Å²) in [7, 11) is 0. The van der Waals surface area contributed by atoms with Crippen LogP contribution < -0.4 is 0 Å². The van der Waals surface area contributed by atoms with Crippen LogP contribution in [0.15, 0.2) is 39.8 Å². The van der Waals surface area contributed by atoms with Crippen molar-refractivity contribution in [1.82, 2.24) is 9.78 Å². The molecule has 2 aromatic rings. The van der Waals surface area contributed by atoms with Gasteiger partial charge in [0.1, 0.15) is 11.5 Å². The number of Topliss-reactive ketones (excluding diaryl/α,β-unsaturated/α-hetero) is 1. The summed E-state index contributed by atoms with van der Waals surface area (Å²) in [5.74, 6) is 0.0428. The van der Waals surface area contributed by atoms with Gasteiger partial charge in [0.2, 0.25) is 0 Å². The molecule has 1 aromatic carbocycles. The van der Waals surface area contributed by atoms with Crippen molar-refractivity contribution in [1.29, 1.82) is 0 Å². The molecule has 0 spiro atoms. The maximum Gasteiger partial charge on any atom is 0.192 e. The van der Waals surface area contributed by atoms with E-state index in [0.29, 0.717) is 18.0 Å². The molecule has 0 aliphatic heterocycles. The summed E-state index contributed by atoms with van der Waals surface area (Å²) in [6.45, 7) is 2.75. The van der Waals surface area contributed by atoms with Gasteiger partial charge in [-0.1, -0.05) is 6.92 Å². The highest BCUT2D eigenvalue weighted by atomic mass is 79.9. The van der Waals surface area contributed by atoms with Gasteiger partial charge in [-0.15, -0.1) is 11.8 Å². The van der Waals surface area contributed by atoms with E-state index in [1.54, 1.807) is 23.0 Å². The van der Waals surface area contributed by atoms with Gasteiger partial charge in [0, 0.05) is 11.4 Å². The minimum Gasteiger partial charge on any atom is -0.291 e. The molecule has 0 N–H and O–H groups in total.